The topological polar surface area (TPSA) is 66.4 Å². The first kappa shape index (κ1) is 28.3. The molecule has 0 fully saturated rings. The predicted molar refractivity (Wildman–Crippen MR) is 150 cm³/mol. The van der Waals surface area contributed by atoms with Crippen molar-refractivity contribution >= 4 is 23.6 Å². The Morgan fingerprint density at radius 3 is 2.00 bits per heavy atom. The summed E-state index contributed by atoms with van der Waals surface area (Å²) in [6.45, 7) is 2.01. The number of carboxylic acids is 1. The molecule has 1 amide bonds. The van der Waals surface area contributed by atoms with Crippen LogP contribution in [0.5, 0.6) is 0 Å². The van der Waals surface area contributed by atoms with Crippen LogP contribution in [0, 0.1) is 6.92 Å². The monoisotopic (exact) mass is 503 g/mol. The number of nitrogens with one attached hydrogen (secondary N) is 1. The summed E-state index contributed by atoms with van der Waals surface area (Å²) < 4.78 is 0. The molecule has 0 bridgehead atoms. The first-order chi connectivity index (χ1) is 17.5. The van der Waals surface area contributed by atoms with E-state index in [0.717, 1.165) is 38.9 Å². The predicted octanol–water partition coefficient (Wildman–Crippen LogP) is 4.05. The number of hydrogen-bond donors (Lipinski definition) is 2. The van der Waals surface area contributed by atoms with Crippen LogP contribution < -0.4 is 24.2 Å². The second kappa shape index (κ2) is 13.4. The van der Waals surface area contributed by atoms with Gasteiger partial charge < -0.3 is 11.8 Å². The summed E-state index contributed by atoms with van der Waals surface area (Å²) in [6, 6.07) is 31.3. The van der Waals surface area contributed by atoms with E-state index in [1.54, 1.807) is 17.8 Å². The summed E-state index contributed by atoms with van der Waals surface area (Å²) >= 11 is 1.56. The van der Waals surface area contributed by atoms with Gasteiger partial charge in [-0.25, -0.2) is 4.79 Å². The average molecular weight is 504 g/mol. The van der Waals surface area contributed by atoms with E-state index in [9.17, 15) is 14.7 Å². The molecule has 0 spiro atoms. The molecule has 0 aromatic heterocycles. The van der Waals surface area contributed by atoms with Gasteiger partial charge in [0.05, 0.1) is 0 Å². The van der Waals surface area contributed by atoms with Crippen molar-refractivity contribution in [1.82, 2.24) is 5.32 Å². The van der Waals surface area contributed by atoms with Gasteiger partial charge in [-0.3, -0.25) is 4.79 Å². The zero-order valence-electron chi connectivity index (χ0n) is 22.4. The van der Waals surface area contributed by atoms with Crippen LogP contribution in [-0.4, -0.2) is 35.0 Å². The SMILES string of the molecule is CSCC[C@H](NC(=O)c1ccc(-c2ccc(-c3ccccc3)cc2)cc1-c1ccccc1C)C(=O)O.[H-].[Li+]. The zero-order valence-corrected chi connectivity index (χ0v) is 22.2. The molecule has 0 aliphatic carbocycles. The minimum atomic E-state index is -1.02. The molecular formula is C31H30LiNO3S. The van der Waals surface area contributed by atoms with Gasteiger partial charge in [-0.1, -0.05) is 84.9 Å². The Kier molecular flexibility index (Phi) is 10.2. The van der Waals surface area contributed by atoms with E-state index in [-0.39, 0.29) is 26.2 Å². The molecule has 4 nitrogen and oxygen atoms in total. The van der Waals surface area contributed by atoms with Gasteiger partial charge in [-0.05, 0) is 76.4 Å². The van der Waals surface area contributed by atoms with Crippen LogP contribution in [0.25, 0.3) is 33.4 Å². The molecule has 0 aliphatic rings. The molecule has 4 rings (SSSR count). The Balaban J connectivity index is 0.00000253. The molecule has 0 unspecified atom stereocenters. The second-order valence-corrected chi connectivity index (χ2v) is 9.65. The minimum Gasteiger partial charge on any atom is -1.00 e. The third kappa shape index (κ3) is 6.96. The molecule has 6 heteroatoms. The van der Waals surface area contributed by atoms with E-state index < -0.39 is 12.0 Å². The van der Waals surface area contributed by atoms with Crippen LogP contribution in [0.2, 0.25) is 0 Å². The van der Waals surface area contributed by atoms with Crippen molar-refractivity contribution in [2.75, 3.05) is 12.0 Å². The van der Waals surface area contributed by atoms with Gasteiger partial charge in [0.1, 0.15) is 6.04 Å². The molecule has 2 N–H and O–H groups in total. The van der Waals surface area contributed by atoms with E-state index in [1.165, 1.54) is 0 Å². The van der Waals surface area contributed by atoms with Gasteiger partial charge in [0.2, 0.25) is 0 Å². The van der Waals surface area contributed by atoms with E-state index in [2.05, 4.69) is 41.7 Å². The summed E-state index contributed by atoms with van der Waals surface area (Å²) in [5.74, 6) is -0.752. The number of hydrogen-bond acceptors (Lipinski definition) is 3. The molecule has 0 saturated heterocycles. The first-order valence-electron chi connectivity index (χ1n) is 11.9. The molecule has 0 aliphatic heterocycles. The van der Waals surface area contributed by atoms with Gasteiger partial charge in [0.15, 0.2) is 0 Å². The van der Waals surface area contributed by atoms with E-state index in [1.807, 2.05) is 67.8 Å². The number of amides is 1. The Bertz CT molecular complexity index is 1360. The Morgan fingerprint density at radius 2 is 1.38 bits per heavy atom. The number of carboxylic acid groups (broad SMARTS) is 1. The third-order valence-electron chi connectivity index (χ3n) is 6.24. The number of carbonyl (C=O) groups is 2. The van der Waals surface area contributed by atoms with Crippen LogP contribution in [0.3, 0.4) is 0 Å². The van der Waals surface area contributed by atoms with Gasteiger partial charge in [-0.15, -0.1) is 0 Å². The van der Waals surface area contributed by atoms with Crippen LogP contribution in [0.15, 0.2) is 97.1 Å². The largest absolute Gasteiger partial charge is 1.00 e. The van der Waals surface area contributed by atoms with Crippen molar-refractivity contribution in [1.29, 1.82) is 0 Å². The first-order valence-corrected chi connectivity index (χ1v) is 13.3. The molecule has 4 aromatic carbocycles. The Labute approximate surface area is 236 Å². The van der Waals surface area contributed by atoms with E-state index in [0.29, 0.717) is 17.7 Å². The van der Waals surface area contributed by atoms with Crippen molar-refractivity contribution in [2.24, 2.45) is 0 Å². The van der Waals surface area contributed by atoms with Gasteiger partial charge >= 0.3 is 24.8 Å². The van der Waals surface area contributed by atoms with E-state index >= 15 is 0 Å². The second-order valence-electron chi connectivity index (χ2n) is 8.66. The summed E-state index contributed by atoms with van der Waals surface area (Å²) in [7, 11) is 0. The number of benzene rings is 4. The average Bonchev–Trinajstić information content (AvgIpc) is 2.91. The maximum Gasteiger partial charge on any atom is 1.00 e. The summed E-state index contributed by atoms with van der Waals surface area (Å²) in [5.41, 5.74) is 7.56. The van der Waals surface area contributed by atoms with Crippen molar-refractivity contribution in [3.8, 4) is 33.4 Å². The van der Waals surface area contributed by atoms with E-state index in [4.69, 9.17) is 0 Å². The van der Waals surface area contributed by atoms with Crippen LogP contribution in [0.1, 0.15) is 23.8 Å². The van der Waals surface area contributed by atoms with Crippen molar-refractivity contribution in [3.63, 3.8) is 0 Å². The van der Waals surface area contributed by atoms with Crippen molar-refractivity contribution < 1.29 is 35.0 Å². The van der Waals surface area contributed by atoms with Crippen molar-refractivity contribution in [2.45, 2.75) is 19.4 Å². The molecule has 4 aromatic rings. The Hall–Kier alpha value is -3.23. The molecule has 37 heavy (non-hydrogen) atoms. The summed E-state index contributed by atoms with van der Waals surface area (Å²) in [6.07, 6.45) is 2.29. The van der Waals surface area contributed by atoms with Crippen LogP contribution in [0.4, 0.5) is 0 Å². The molecular weight excluding hydrogens is 473 g/mol. The van der Waals surface area contributed by atoms with Gasteiger partial charge in [0, 0.05) is 5.56 Å². The maximum absolute atomic E-state index is 13.3. The standard InChI is InChI=1S/C31H29NO3S.Li.H/c1-21-8-6-7-11-26(21)28-20-25(24-14-12-23(13-15-24)22-9-4-3-5-10-22)16-17-27(28)30(33)32-29(31(34)35)18-19-36-2;;/h3-17,20,29H,18-19H2,1-2H3,(H,32,33)(H,34,35);;/q;+1;-1/t29-;;/m0../s1. The number of aliphatic carboxylic acids is 1. The molecule has 184 valence electrons. The number of aryl methyl sites for hydroxylation is 1. The number of rotatable bonds is 9. The van der Waals surface area contributed by atoms with Crippen molar-refractivity contribution in [3.05, 3.63) is 108 Å². The number of carbonyl (C=O) groups excluding carboxylic acids is 1. The van der Waals surface area contributed by atoms with Gasteiger partial charge in [0.25, 0.3) is 5.91 Å². The zero-order chi connectivity index (χ0) is 25.5. The fourth-order valence-corrected chi connectivity index (χ4v) is 4.71. The minimum absolute atomic E-state index is 0. The molecule has 0 saturated carbocycles. The fraction of sp³-hybridized carbons (Fsp3) is 0.161. The maximum atomic E-state index is 13.3. The smallest absolute Gasteiger partial charge is 1.00 e. The van der Waals surface area contributed by atoms with Crippen LogP contribution in [-0.2, 0) is 4.79 Å². The number of thioether (sulfide) groups is 1. The van der Waals surface area contributed by atoms with Gasteiger partial charge in [-0.2, -0.15) is 11.8 Å². The molecule has 0 heterocycles. The fourth-order valence-electron chi connectivity index (χ4n) is 4.23. The molecule has 1 atom stereocenters. The van der Waals surface area contributed by atoms with Crippen LogP contribution >= 0.6 is 11.8 Å². The Morgan fingerprint density at radius 1 is 0.811 bits per heavy atom. The summed E-state index contributed by atoms with van der Waals surface area (Å²) in [4.78, 5) is 25.0. The molecule has 0 radical (unpaired) electrons. The summed E-state index contributed by atoms with van der Waals surface area (Å²) in [5, 5.41) is 12.3. The normalized spacial score (nSPS) is 11.3. The third-order valence-corrected chi connectivity index (χ3v) is 6.88. The quantitative estimate of drug-likeness (QED) is 0.338.